The summed E-state index contributed by atoms with van der Waals surface area (Å²) in [6.45, 7) is 13.7. The van der Waals surface area contributed by atoms with Crippen molar-refractivity contribution in [2.75, 3.05) is 0 Å². The monoisotopic (exact) mass is 369 g/mol. The van der Waals surface area contributed by atoms with E-state index in [1.165, 1.54) is 4.57 Å². The van der Waals surface area contributed by atoms with Crippen LogP contribution in [0.15, 0.2) is 36.4 Å². The van der Waals surface area contributed by atoms with Crippen LogP contribution in [-0.2, 0) is 14.0 Å². The lowest BCUT2D eigenvalue weighted by Gasteiger charge is -2.32. The molecule has 1 aromatic carbocycles. The summed E-state index contributed by atoms with van der Waals surface area (Å²) in [5.41, 5.74) is 0.600. The predicted molar refractivity (Wildman–Crippen MR) is 109 cm³/mol. The number of carbonyl (C=O) groups excluding carboxylic acids is 1. The van der Waals surface area contributed by atoms with Crippen LogP contribution in [0.1, 0.15) is 54.0 Å². The van der Waals surface area contributed by atoms with Crippen LogP contribution in [0.5, 0.6) is 0 Å². The number of aromatic nitrogens is 1. The number of hydrogen-bond acceptors (Lipinski definition) is 4. The molecule has 144 valence electrons. The van der Waals surface area contributed by atoms with E-state index in [4.69, 9.17) is 14.0 Å². The van der Waals surface area contributed by atoms with E-state index in [1.54, 1.807) is 6.20 Å². The minimum atomic E-state index is -0.529. The molecule has 2 aromatic rings. The molecule has 0 saturated carbocycles. The molecule has 0 N–H and O–H groups in total. The number of benzene rings is 1. The highest BCUT2D eigenvalue weighted by atomic mass is 16.7. The summed E-state index contributed by atoms with van der Waals surface area (Å²) in [4.78, 5) is 12.3. The Balaban J connectivity index is 1.78. The molecule has 0 aliphatic carbocycles. The molecule has 0 bridgehead atoms. The Labute approximate surface area is 161 Å². The van der Waals surface area contributed by atoms with E-state index in [0.29, 0.717) is 0 Å². The standard InChI is InChI=1S/C21H28BNO4/c1-19(2,3)25-18(24)23-13-11-16-14-15(8-9-17(16)23)10-12-22-26-20(4,5)21(6,7)27-22/h8-14H,1-7H3. The van der Waals surface area contributed by atoms with E-state index in [1.807, 2.05) is 84.8 Å². The van der Waals surface area contributed by atoms with Gasteiger partial charge in [0, 0.05) is 11.6 Å². The number of ether oxygens (including phenoxy) is 1. The normalized spacial score (nSPS) is 19.1. The zero-order valence-electron chi connectivity index (χ0n) is 17.2. The second-order valence-electron chi connectivity index (χ2n) is 8.97. The van der Waals surface area contributed by atoms with Crippen LogP contribution in [0.4, 0.5) is 4.79 Å². The molecular weight excluding hydrogens is 341 g/mol. The third kappa shape index (κ3) is 4.12. The van der Waals surface area contributed by atoms with Gasteiger partial charge in [0.2, 0.25) is 0 Å². The van der Waals surface area contributed by atoms with Gasteiger partial charge in [-0.15, -0.1) is 0 Å². The highest BCUT2D eigenvalue weighted by molar-refractivity contribution is 6.52. The minimum absolute atomic E-state index is 0.351. The van der Waals surface area contributed by atoms with Crippen LogP contribution in [0.3, 0.4) is 0 Å². The van der Waals surface area contributed by atoms with Crippen molar-refractivity contribution in [3.63, 3.8) is 0 Å². The average Bonchev–Trinajstić information content (AvgIpc) is 3.01. The second kappa shape index (κ2) is 6.53. The average molecular weight is 369 g/mol. The second-order valence-corrected chi connectivity index (χ2v) is 8.97. The number of hydrogen-bond donors (Lipinski definition) is 0. The fraction of sp³-hybridized carbons (Fsp3) is 0.476. The molecule has 27 heavy (non-hydrogen) atoms. The Hall–Kier alpha value is -2.05. The molecule has 0 radical (unpaired) electrons. The lowest BCUT2D eigenvalue weighted by atomic mass is 9.89. The Morgan fingerprint density at radius 1 is 1.11 bits per heavy atom. The van der Waals surface area contributed by atoms with Crippen LogP contribution in [0.25, 0.3) is 17.0 Å². The maximum Gasteiger partial charge on any atom is 0.487 e. The molecule has 1 aliphatic rings. The zero-order chi connectivity index (χ0) is 20.0. The maximum absolute atomic E-state index is 12.3. The Bertz CT molecular complexity index is 873. The van der Waals surface area contributed by atoms with Crippen LogP contribution < -0.4 is 0 Å². The topological polar surface area (TPSA) is 49.7 Å². The third-order valence-corrected chi connectivity index (χ3v) is 5.02. The van der Waals surface area contributed by atoms with E-state index in [-0.39, 0.29) is 24.4 Å². The highest BCUT2D eigenvalue weighted by Crippen LogP contribution is 2.37. The summed E-state index contributed by atoms with van der Waals surface area (Å²) in [6, 6.07) is 7.82. The van der Waals surface area contributed by atoms with Gasteiger partial charge in [-0.1, -0.05) is 18.1 Å². The van der Waals surface area contributed by atoms with E-state index < -0.39 is 5.60 Å². The number of carbonyl (C=O) groups is 1. The molecule has 0 unspecified atom stereocenters. The van der Waals surface area contributed by atoms with E-state index in [2.05, 4.69) is 0 Å². The first-order chi connectivity index (χ1) is 12.4. The van der Waals surface area contributed by atoms with Gasteiger partial charge < -0.3 is 14.0 Å². The van der Waals surface area contributed by atoms with E-state index in [9.17, 15) is 4.79 Å². The van der Waals surface area contributed by atoms with Gasteiger partial charge in [-0.3, -0.25) is 4.57 Å². The summed E-state index contributed by atoms with van der Waals surface area (Å²) in [5, 5.41) is 0.969. The molecule has 2 heterocycles. The van der Waals surface area contributed by atoms with Gasteiger partial charge in [0.05, 0.1) is 16.7 Å². The summed E-state index contributed by atoms with van der Waals surface area (Å²) >= 11 is 0. The number of rotatable bonds is 2. The summed E-state index contributed by atoms with van der Waals surface area (Å²) < 4.78 is 18.9. The molecule has 1 aromatic heterocycles. The van der Waals surface area contributed by atoms with Crippen molar-refractivity contribution in [3.8, 4) is 0 Å². The van der Waals surface area contributed by atoms with Gasteiger partial charge >= 0.3 is 13.2 Å². The van der Waals surface area contributed by atoms with Gasteiger partial charge in [-0.05, 0) is 72.2 Å². The van der Waals surface area contributed by atoms with Gasteiger partial charge in [-0.25, -0.2) is 4.79 Å². The van der Waals surface area contributed by atoms with Gasteiger partial charge in [-0.2, -0.15) is 0 Å². The summed E-state index contributed by atoms with van der Waals surface area (Å²) in [5.74, 6) is 1.92. The Morgan fingerprint density at radius 3 is 2.33 bits per heavy atom. The van der Waals surface area contributed by atoms with Crippen molar-refractivity contribution in [1.82, 2.24) is 4.57 Å². The minimum Gasteiger partial charge on any atom is -0.443 e. The van der Waals surface area contributed by atoms with Gasteiger partial charge in [0.25, 0.3) is 0 Å². The largest absolute Gasteiger partial charge is 0.487 e. The SMILES string of the molecule is CC(C)(C)OC(=O)n1ccc2cc(C=CB3OC(C)(C)C(C)(C)O3)ccc21. The first kappa shape index (κ1) is 19.7. The number of nitrogens with zero attached hydrogens (tertiary/aromatic N) is 1. The van der Waals surface area contributed by atoms with Crippen molar-refractivity contribution in [1.29, 1.82) is 0 Å². The van der Waals surface area contributed by atoms with Crippen molar-refractivity contribution in [2.45, 2.75) is 65.3 Å². The molecule has 1 aliphatic heterocycles. The highest BCUT2D eigenvalue weighted by Gasteiger charge is 2.49. The van der Waals surface area contributed by atoms with Crippen LogP contribution >= 0.6 is 0 Å². The lowest BCUT2D eigenvalue weighted by molar-refractivity contribution is 0.00578. The van der Waals surface area contributed by atoms with E-state index >= 15 is 0 Å². The summed E-state index contributed by atoms with van der Waals surface area (Å²) in [7, 11) is -0.378. The molecule has 0 amide bonds. The summed E-state index contributed by atoms with van der Waals surface area (Å²) in [6.07, 6.45) is 3.34. The first-order valence-electron chi connectivity index (χ1n) is 9.26. The molecule has 0 atom stereocenters. The molecule has 0 spiro atoms. The maximum atomic E-state index is 12.3. The number of fused-ring (bicyclic) bond motifs is 1. The Kier molecular flexibility index (Phi) is 4.77. The fourth-order valence-corrected chi connectivity index (χ4v) is 2.89. The van der Waals surface area contributed by atoms with Crippen molar-refractivity contribution < 1.29 is 18.8 Å². The third-order valence-electron chi connectivity index (χ3n) is 5.02. The van der Waals surface area contributed by atoms with Crippen molar-refractivity contribution in [2.24, 2.45) is 0 Å². The smallest absolute Gasteiger partial charge is 0.443 e. The van der Waals surface area contributed by atoms with Gasteiger partial charge in [0.15, 0.2) is 0 Å². The fourth-order valence-electron chi connectivity index (χ4n) is 2.89. The zero-order valence-corrected chi connectivity index (χ0v) is 17.2. The molecule has 6 heteroatoms. The van der Waals surface area contributed by atoms with Crippen molar-refractivity contribution in [3.05, 3.63) is 42.0 Å². The quantitative estimate of drug-likeness (QED) is 0.694. The first-order valence-corrected chi connectivity index (χ1v) is 9.26. The van der Waals surface area contributed by atoms with E-state index in [0.717, 1.165) is 16.5 Å². The van der Waals surface area contributed by atoms with Crippen LogP contribution in [0, 0.1) is 0 Å². The molecule has 3 rings (SSSR count). The molecule has 1 fully saturated rings. The Morgan fingerprint density at radius 2 is 1.74 bits per heavy atom. The lowest BCUT2D eigenvalue weighted by Crippen LogP contribution is -2.41. The predicted octanol–water partition coefficient (Wildman–Crippen LogP) is 5.07. The molecule has 1 saturated heterocycles. The van der Waals surface area contributed by atoms with Gasteiger partial charge in [0.1, 0.15) is 5.60 Å². The molecular formula is C21H28BNO4. The van der Waals surface area contributed by atoms with Crippen LogP contribution in [0.2, 0.25) is 0 Å². The molecule has 5 nitrogen and oxygen atoms in total. The van der Waals surface area contributed by atoms with Crippen LogP contribution in [-0.4, -0.2) is 34.6 Å². The van der Waals surface area contributed by atoms with Crippen molar-refractivity contribution >= 4 is 30.2 Å².